The van der Waals surface area contributed by atoms with Crippen LogP contribution in [0, 0.1) is 0 Å². The van der Waals surface area contributed by atoms with Crippen molar-refractivity contribution in [2.45, 2.75) is 13.3 Å². The molecular weight excluding hydrogens is 256 g/mol. The Morgan fingerprint density at radius 1 is 1.50 bits per heavy atom. The molecule has 0 aliphatic heterocycles. The largest absolute Gasteiger partial charge is 0.395 e. The average Bonchev–Trinajstić information content (AvgIpc) is 2.87. The zero-order chi connectivity index (χ0) is 14.4. The molecule has 0 unspecified atom stereocenters. The van der Waals surface area contributed by atoms with E-state index in [1.165, 1.54) is 0 Å². The summed E-state index contributed by atoms with van der Waals surface area (Å²) >= 11 is 0. The number of aliphatic hydroxyl groups excluding tert-OH is 1. The standard InChI is InChI=1S/C14H20N4O2/c1-2-17(9-10-19)14(20)15-7-6-12-11-18-8-4-3-5-13(18)16-12/h3-5,8,11,19H,2,6-7,9-10H2,1H3,(H,15,20). The molecule has 0 radical (unpaired) electrons. The minimum atomic E-state index is -0.148. The molecule has 6 heteroatoms. The van der Waals surface area contributed by atoms with Crippen LogP contribution >= 0.6 is 0 Å². The second-order valence-corrected chi connectivity index (χ2v) is 4.48. The molecule has 20 heavy (non-hydrogen) atoms. The van der Waals surface area contributed by atoms with Gasteiger partial charge in [0.25, 0.3) is 0 Å². The molecule has 0 saturated carbocycles. The molecule has 2 N–H and O–H groups in total. The zero-order valence-electron chi connectivity index (χ0n) is 11.6. The number of amides is 2. The molecule has 2 amide bonds. The Balaban J connectivity index is 1.84. The number of carbonyl (C=O) groups excluding carboxylic acids is 1. The van der Waals surface area contributed by atoms with Crippen LogP contribution in [0.5, 0.6) is 0 Å². The Morgan fingerprint density at radius 3 is 3.05 bits per heavy atom. The smallest absolute Gasteiger partial charge is 0.317 e. The summed E-state index contributed by atoms with van der Waals surface area (Å²) in [5.41, 5.74) is 1.85. The average molecular weight is 276 g/mol. The number of aromatic nitrogens is 2. The van der Waals surface area contributed by atoms with Crippen LogP contribution in [0.15, 0.2) is 30.6 Å². The number of hydrogen-bond acceptors (Lipinski definition) is 3. The van der Waals surface area contributed by atoms with E-state index in [0.717, 1.165) is 11.3 Å². The first-order chi connectivity index (χ1) is 9.74. The lowest BCUT2D eigenvalue weighted by Gasteiger charge is -2.19. The normalized spacial score (nSPS) is 10.7. The van der Waals surface area contributed by atoms with Gasteiger partial charge >= 0.3 is 6.03 Å². The first kappa shape index (κ1) is 14.3. The van der Waals surface area contributed by atoms with E-state index in [-0.39, 0.29) is 12.6 Å². The Bertz CT molecular complexity index is 534. The van der Waals surface area contributed by atoms with Crippen molar-refractivity contribution in [1.82, 2.24) is 19.6 Å². The fraction of sp³-hybridized carbons (Fsp3) is 0.429. The topological polar surface area (TPSA) is 69.9 Å². The minimum Gasteiger partial charge on any atom is -0.395 e. The van der Waals surface area contributed by atoms with Gasteiger partial charge in [-0.05, 0) is 19.1 Å². The highest BCUT2D eigenvalue weighted by atomic mass is 16.3. The van der Waals surface area contributed by atoms with Gasteiger partial charge in [-0.25, -0.2) is 9.78 Å². The molecule has 2 heterocycles. The predicted octanol–water partition coefficient (Wildman–Crippen LogP) is 0.901. The summed E-state index contributed by atoms with van der Waals surface area (Å²) < 4.78 is 1.96. The van der Waals surface area contributed by atoms with Gasteiger partial charge in [-0.1, -0.05) is 6.07 Å². The molecule has 2 aromatic heterocycles. The van der Waals surface area contributed by atoms with Gasteiger partial charge in [-0.15, -0.1) is 0 Å². The van der Waals surface area contributed by atoms with Crippen molar-refractivity contribution in [2.24, 2.45) is 0 Å². The van der Waals surface area contributed by atoms with E-state index < -0.39 is 0 Å². The van der Waals surface area contributed by atoms with E-state index in [1.54, 1.807) is 4.90 Å². The predicted molar refractivity (Wildman–Crippen MR) is 76.6 cm³/mol. The van der Waals surface area contributed by atoms with Crippen LogP contribution in [0.1, 0.15) is 12.6 Å². The molecule has 0 aromatic carbocycles. The van der Waals surface area contributed by atoms with Crippen molar-refractivity contribution in [1.29, 1.82) is 0 Å². The van der Waals surface area contributed by atoms with Crippen LogP contribution in [-0.4, -0.2) is 51.7 Å². The number of pyridine rings is 1. The maximum absolute atomic E-state index is 11.8. The molecule has 0 aliphatic carbocycles. The molecule has 108 valence electrons. The Kier molecular flexibility index (Phi) is 4.95. The quantitative estimate of drug-likeness (QED) is 0.823. The molecular formula is C14H20N4O2. The number of rotatable bonds is 6. The first-order valence-electron chi connectivity index (χ1n) is 6.81. The van der Waals surface area contributed by atoms with Crippen molar-refractivity contribution in [3.63, 3.8) is 0 Å². The maximum Gasteiger partial charge on any atom is 0.317 e. The van der Waals surface area contributed by atoms with Gasteiger partial charge in [-0.2, -0.15) is 0 Å². The number of aliphatic hydroxyl groups is 1. The van der Waals surface area contributed by atoms with Crippen molar-refractivity contribution < 1.29 is 9.90 Å². The third-order valence-electron chi connectivity index (χ3n) is 3.11. The number of hydrogen-bond donors (Lipinski definition) is 2. The monoisotopic (exact) mass is 276 g/mol. The van der Waals surface area contributed by atoms with E-state index in [4.69, 9.17) is 5.11 Å². The molecule has 0 atom stereocenters. The van der Waals surface area contributed by atoms with E-state index in [0.29, 0.717) is 26.1 Å². The van der Waals surface area contributed by atoms with E-state index in [1.807, 2.05) is 41.9 Å². The van der Waals surface area contributed by atoms with Crippen LogP contribution in [0.25, 0.3) is 5.65 Å². The van der Waals surface area contributed by atoms with Gasteiger partial charge < -0.3 is 19.7 Å². The molecule has 2 rings (SSSR count). The van der Waals surface area contributed by atoms with Crippen molar-refractivity contribution in [2.75, 3.05) is 26.2 Å². The van der Waals surface area contributed by atoms with E-state index in [2.05, 4.69) is 10.3 Å². The first-order valence-corrected chi connectivity index (χ1v) is 6.81. The van der Waals surface area contributed by atoms with Gasteiger partial charge in [0, 0.05) is 38.4 Å². The van der Waals surface area contributed by atoms with Gasteiger partial charge in [0.1, 0.15) is 5.65 Å². The number of urea groups is 1. The SMILES string of the molecule is CCN(CCO)C(=O)NCCc1cn2ccccc2n1. The Morgan fingerprint density at radius 2 is 2.35 bits per heavy atom. The number of nitrogens with one attached hydrogen (secondary N) is 1. The number of nitrogens with zero attached hydrogens (tertiary/aromatic N) is 3. The number of carbonyl (C=O) groups is 1. The molecule has 0 spiro atoms. The molecule has 0 fully saturated rings. The summed E-state index contributed by atoms with van der Waals surface area (Å²) in [4.78, 5) is 17.8. The second kappa shape index (κ2) is 6.91. The Labute approximate surface area is 118 Å². The van der Waals surface area contributed by atoms with Gasteiger partial charge in [0.15, 0.2) is 0 Å². The van der Waals surface area contributed by atoms with Crippen molar-refractivity contribution >= 4 is 11.7 Å². The van der Waals surface area contributed by atoms with Crippen molar-refractivity contribution in [3.05, 3.63) is 36.3 Å². The lowest BCUT2D eigenvalue weighted by molar-refractivity contribution is 0.180. The lowest BCUT2D eigenvalue weighted by atomic mass is 10.3. The fourth-order valence-corrected chi connectivity index (χ4v) is 2.04. The molecule has 6 nitrogen and oxygen atoms in total. The second-order valence-electron chi connectivity index (χ2n) is 4.48. The highest BCUT2D eigenvalue weighted by Gasteiger charge is 2.10. The highest BCUT2D eigenvalue weighted by molar-refractivity contribution is 5.74. The molecule has 0 aliphatic rings. The summed E-state index contributed by atoms with van der Waals surface area (Å²) in [5.74, 6) is 0. The van der Waals surface area contributed by atoms with Crippen LogP contribution in [0.4, 0.5) is 4.79 Å². The van der Waals surface area contributed by atoms with Gasteiger partial charge in [0.05, 0.1) is 12.3 Å². The molecule has 0 bridgehead atoms. The van der Waals surface area contributed by atoms with Crippen LogP contribution in [0.2, 0.25) is 0 Å². The fourth-order valence-electron chi connectivity index (χ4n) is 2.04. The Hall–Kier alpha value is -2.08. The highest BCUT2D eigenvalue weighted by Crippen LogP contribution is 2.04. The summed E-state index contributed by atoms with van der Waals surface area (Å²) in [6, 6.07) is 5.70. The lowest BCUT2D eigenvalue weighted by Crippen LogP contribution is -2.42. The summed E-state index contributed by atoms with van der Waals surface area (Å²) in [5, 5.41) is 11.7. The molecule has 2 aromatic rings. The minimum absolute atomic E-state index is 0.0201. The number of likely N-dealkylation sites (N-methyl/N-ethyl adjacent to an activating group) is 1. The zero-order valence-corrected chi connectivity index (χ0v) is 11.6. The molecule has 0 saturated heterocycles. The van der Waals surface area contributed by atoms with Crippen molar-refractivity contribution in [3.8, 4) is 0 Å². The van der Waals surface area contributed by atoms with Gasteiger partial charge in [0.2, 0.25) is 0 Å². The number of fused-ring (bicyclic) bond motifs is 1. The summed E-state index contributed by atoms with van der Waals surface area (Å²) in [6.45, 7) is 3.34. The maximum atomic E-state index is 11.8. The summed E-state index contributed by atoms with van der Waals surface area (Å²) in [7, 11) is 0. The van der Waals surface area contributed by atoms with Crippen LogP contribution < -0.4 is 5.32 Å². The van der Waals surface area contributed by atoms with E-state index >= 15 is 0 Å². The number of imidazole rings is 1. The van der Waals surface area contributed by atoms with Crippen LogP contribution in [0.3, 0.4) is 0 Å². The third-order valence-corrected chi connectivity index (χ3v) is 3.11. The van der Waals surface area contributed by atoms with E-state index in [9.17, 15) is 4.79 Å². The van der Waals surface area contributed by atoms with Crippen LogP contribution in [-0.2, 0) is 6.42 Å². The third kappa shape index (κ3) is 3.48. The summed E-state index contributed by atoms with van der Waals surface area (Å²) in [6.07, 6.45) is 4.60. The van der Waals surface area contributed by atoms with Gasteiger partial charge in [-0.3, -0.25) is 0 Å².